The maximum absolute atomic E-state index is 13.6. The standard InChI is InChI=1S/C19H22FN3O3/c1-21-10-7-15(13-21)19(25)23-9-4-8-22(11-12-23)18(24)14-26-17-6-3-2-5-16(17)20/h2-3,5-7,10,13H,4,8-9,11-12,14H2,1H3. The SMILES string of the molecule is Cn1ccc(C(=O)N2CCCN(C(=O)COc3ccccc3F)CC2)c1. The van der Waals surface area contributed by atoms with Crippen LogP contribution in [0.25, 0.3) is 0 Å². The van der Waals surface area contributed by atoms with E-state index in [1.807, 2.05) is 17.8 Å². The molecule has 138 valence electrons. The molecular weight excluding hydrogens is 337 g/mol. The molecule has 0 aliphatic carbocycles. The lowest BCUT2D eigenvalue weighted by Crippen LogP contribution is -2.39. The summed E-state index contributed by atoms with van der Waals surface area (Å²) in [4.78, 5) is 28.3. The first-order valence-corrected chi connectivity index (χ1v) is 8.61. The number of benzene rings is 1. The Morgan fingerprint density at radius 1 is 1.08 bits per heavy atom. The van der Waals surface area contributed by atoms with E-state index in [0.717, 1.165) is 0 Å². The van der Waals surface area contributed by atoms with Gasteiger partial charge >= 0.3 is 0 Å². The zero-order chi connectivity index (χ0) is 18.5. The number of aromatic nitrogens is 1. The molecule has 26 heavy (non-hydrogen) atoms. The monoisotopic (exact) mass is 359 g/mol. The van der Waals surface area contributed by atoms with Gasteiger partial charge in [-0.15, -0.1) is 0 Å². The second-order valence-electron chi connectivity index (χ2n) is 6.31. The first-order valence-electron chi connectivity index (χ1n) is 8.61. The minimum atomic E-state index is -0.490. The van der Waals surface area contributed by atoms with Crippen LogP contribution in [0.15, 0.2) is 42.7 Å². The Balaban J connectivity index is 1.54. The van der Waals surface area contributed by atoms with Gasteiger partial charge in [0.05, 0.1) is 5.56 Å². The molecule has 7 heteroatoms. The van der Waals surface area contributed by atoms with Gasteiger partial charge in [0.25, 0.3) is 11.8 Å². The summed E-state index contributed by atoms with van der Waals surface area (Å²) in [5.74, 6) is -0.655. The Bertz CT molecular complexity index is 790. The van der Waals surface area contributed by atoms with Crippen LogP contribution < -0.4 is 4.74 Å². The van der Waals surface area contributed by atoms with Crippen LogP contribution in [0.5, 0.6) is 5.75 Å². The minimum Gasteiger partial charge on any atom is -0.481 e. The highest BCUT2D eigenvalue weighted by molar-refractivity contribution is 5.94. The molecule has 3 rings (SSSR count). The van der Waals surface area contributed by atoms with E-state index in [4.69, 9.17) is 4.74 Å². The molecule has 0 saturated carbocycles. The van der Waals surface area contributed by atoms with Gasteiger partial charge in [0.1, 0.15) is 0 Å². The third-order valence-corrected chi connectivity index (χ3v) is 4.40. The van der Waals surface area contributed by atoms with Crippen LogP contribution in [0.2, 0.25) is 0 Å². The highest BCUT2D eigenvalue weighted by atomic mass is 19.1. The van der Waals surface area contributed by atoms with Gasteiger partial charge in [-0.3, -0.25) is 9.59 Å². The van der Waals surface area contributed by atoms with Crippen molar-refractivity contribution in [1.82, 2.24) is 14.4 Å². The molecule has 0 spiro atoms. The average Bonchev–Trinajstić information content (AvgIpc) is 2.92. The van der Waals surface area contributed by atoms with Gasteiger partial charge in [0.2, 0.25) is 0 Å². The molecule has 1 aliphatic rings. The van der Waals surface area contributed by atoms with Gasteiger partial charge in [0.15, 0.2) is 18.2 Å². The summed E-state index contributed by atoms with van der Waals surface area (Å²) < 4.78 is 20.7. The molecule has 0 radical (unpaired) electrons. The predicted molar refractivity (Wildman–Crippen MR) is 94.4 cm³/mol. The molecule has 1 aromatic carbocycles. The maximum atomic E-state index is 13.6. The first-order chi connectivity index (χ1) is 12.5. The Hall–Kier alpha value is -2.83. The third-order valence-electron chi connectivity index (χ3n) is 4.40. The summed E-state index contributed by atoms with van der Waals surface area (Å²) in [6, 6.07) is 7.79. The third kappa shape index (κ3) is 4.22. The van der Waals surface area contributed by atoms with E-state index < -0.39 is 5.82 Å². The van der Waals surface area contributed by atoms with Crippen LogP contribution in [0, 0.1) is 5.82 Å². The molecule has 1 saturated heterocycles. The molecule has 0 bridgehead atoms. The molecule has 0 atom stereocenters. The Kier molecular flexibility index (Phi) is 5.55. The van der Waals surface area contributed by atoms with Crippen molar-refractivity contribution in [2.45, 2.75) is 6.42 Å². The molecule has 1 fully saturated rings. The number of para-hydroxylation sites is 1. The van der Waals surface area contributed by atoms with Crippen LogP contribution in [-0.4, -0.2) is 59.0 Å². The number of carbonyl (C=O) groups is 2. The van der Waals surface area contributed by atoms with Gasteiger partial charge in [0, 0.05) is 45.6 Å². The second-order valence-corrected chi connectivity index (χ2v) is 6.31. The Labute approximate surface area is 151 Å². The van der Waals surface area contributed by atoms with E-state index in [1.165, 1.54) is 12.1 Å². The van der Waals surface area contributed by atoms with E-state index >= 15 is 0 Å². The van der Waals surface area contributed by atoms with Crippen molar-refractivity contribution in [3.05, 3.63) is 54.1 Å². The number of aryl methyl sites for hydroxylation is 1. The molecule has 6 nitrogen and oxygen atoms in total. The van der Waals surface area contributed by atoms with Gasteiger partial charge < -0.3 is 19.1 Å². The van der Waals surface area contributed by atoms with Crippen molar-refractivity contribution >= 4 is 11.8 Å². The summed E-state index contributed by atoms with van der Waals surface area (Å²) in [7, 11) is 1.87. The van der Waals surface area contributed by atoms with E-state index in [-0.39, 0.29) is 24.2 Å². The molecule has 0 unspecified atom stereocenters. The van der Waals surface area contributed by atoms with Crippen LogP contribution >= 0.6 is 0 Å². The molecule has 0 N–H and O–H groups in total. The van der Waals surface area contributed by atoms with Gasteiger partial charge in [-0.2, -0.15) is 0 Å². The van der Waals surface area contributed by atoms with Crippen molar-refractivity contribution in [2.24, 2.45) is 7.05 Å². The van der Waals surface area contributed by atoms with E-state index in [0.29, 0.717) is 38.2 Å². The smallest absolute Gasteiger partial charge is 0.260 e. The Morgan fingerprint density at radius 2 is 1.81 bits per heavy atom. The van der Waals surface area contributed by atoms with Crippen LogP contribution in [-0.2, 0) is 11.8 Å². The second kappa shape index (κ2) is 8.03. The molecule has 1 aromatic heterocycles. The zero-order valence-corrected chi connectivity index (χ0v) is 14.7. The fraction of sp³-hybridized carbons (Fsp3) is 0.368. The minimum absolute atomic E-state index is 0.0255. The number of nitrogens with zero attached hydrogens (tertiary/aromatic N) is 3. The number of amides is 2. The highest BCUT2D eigenvalue weighted by Crippen LogP contribution is 2.16. The molecular formula is C19H22FN3O3. The fourth-order valence-corrected chi connectivity index (χ4v) is 2.97. The molecule has 2 heterocycles. The number of ether oxygens (including phenoxy) is 1. The van der Waals surface area contributed by atoms with Crippen molar-refractivity contribution < 1.29 is 18.7 Å². The molecule has 2 amide bonds. The maximum Gasteiger partial charge on any atom is 0.260 e. The van der Waals surface area contributed by atoms with Gasteiger partial charge in [-0.25, -0.2) is 4.39 Å². The normalized spacial score (nSPS) is 14.8. The lowest BCUT2D eigenvalue weighted by molar-refractivity contribution is -0.133. The van der Waals surface area contributed by atoms with Gasteiger partial charge in [-0.05, 0) is 24.6 Å². The summed E-state index contributed by atoms with van der Waals surface area (Å²) in [6.07, 6.45) is 4.32. The zero-order valence-electron chi connectivity index (χ0n) is 14.7. The average molecular weight is 359 g/mol. The number of rotatable bonds is 4. The van der Waals surface area contributed by atoms with Crippen molar-refractivity contribution in [3.8, 4) is 5.75 Å². The summed E-state index contributed by atoms with van der Waals surface area (Å²) in [6.45, 7) is 1.86. The number of hydrogen-bond donors (Lipinski definition) is 0. The quantitative estimate of drug-likeness (QED) is 0.838. The Morgan fingerprint density at radius 3 is 2.54 bits per heavy atom. The highest BCUT2D eigenvalue weighted by Gasteiger charge is 2.23. The summed E-state index contributed by atoms with van der Waals surface area (Å²) in [5, 5.41) is 0. The van der Waals surface area contributed by atoms with Gasteiger partial charge in [-0.1, -0.05) is 12.1 Å². The largest absolute Gasteiger partial charge is 0.481 e. The number of hydrogen-bond acceptors (Lipinski definition) is 3. The number of halogens is 1. The lowest BCUT2D eigenvalue weighted by atomic mass is 10.3. The molecule has 1 aliphatic heterocycles. The van der Waals surface area contributed by atoms with Crippen LogP contribution in [0.3, 0.4) is 0 Å². The van der Waals surface area contributed by atoms with E-state index in [2.05, 4.69) is 0 Å². The summed E-state index contributed by atoms with van der Waals surface area (Å²) >= 11 is 0. The predicted octanol–water partition coefficient (Wildman–Crippen LogP) is 1.92. The number of carbonyl (C=O) groups excluding carboxylic acids is 2. The van der Waals surface area contributed by atoms with Crippen molar-refractivity contribution in [1.29, 1.82) is 0 Å². The van der Waals surface area contributed by atoms with Crippen molar-refractivity contribution in [2.75, 3.05) is 32.8 Å². The lowest BCUT2D eigenvalue weighted by Gasteiger charge is -2.22. The first kappa shape index (κ1) is 18.0. The fourth-order valence-electron chi connectivity index (χ4n) is 2.97. The van der Waals surface area contributed by atoms with Crippen LogP contribution in [0.1, 0.15) is 16.8 Å². The topological polar surface area (TPSA) is 54.8 Å². The van der Waals surface area contributed by atoms with E-state index in [9.17, 15) is 14.0 Å². The van der Waals surface area contributed by atoms with Crippen LogP contribution in [0.4, 0.5) is 4.39 Å². The van der Waals surface area contributed by atoms with Crippen molar-refractivity contribution in [3.63, 3.8) is 0 Å². The molecule has 2 aromatic rings. The van der Waals surface area contributed by atoms with E-state index in [1.54, 1.807) is 34.2 Å². The summed E-state index contributed by atoms with van der Waals surface area (Å²) in [5.41, 5.74) is 0.648.